The average molecular weight is 278 g/mol. The Labute approximate surface area is 124 Å². The summed E-state index contributed by atoms with van der Waals surface area (Å²) >= 11 is 0. The van der Waals surface area contributed by atoms with Gasteiger partial charge in [0.2, 0.25) is 0 Å². The second-order valence-corrected chi connectivity index (χ2v) is 5.38. The summed E-state index contributed by atoms with van der Waals surface area (Å²) in [7, 11) is 0. The third-order valence-electron chi connectivity index (χ3n) is 3.49. The Kier molecular flexibility index (Phi) is 3.48. The summed E-state index contributed by atoms with van der Waals surface area (Å²) < 4.78 is 6.14. The Morgan fingerprint density at radius 2 is 1.81 bits per heavy atom. The topological polar surface area (TPSA) is 48.1 Å². The molecule has 0 atom stereocenters. The van der Waals surface area contributed by atoms with Gasteiger partial charge < -0.3 is 10.5 Å². The number of hydrogen-bond acceptors (Lipinski definition) is 3. The lowest BCUT2D eigenvalue weighted by Gasteiger charge is -2.14. The number of nitrogens with zero attached hydrogens (tertiary/aromatic N) is 1. The summed E-state index contributed by atoms with van der Waals surface area (Å²) in [5.74, 6) is 2.09. The van der Waals surface area contributed by atoms with Gasteiger partial charge in [0.05, 0.1) is 5.52 Å². The molecule has 0 spiro atoms. The van der Waals surface area contributed by atoms with Crippen molar-refractivity contribution in [3.8, 4) is 11.5 Å². The Morgan fingerprint density at radius 1 is 1.00 bits per heavy atom. The molecule has 21 heavy (non-hydrogen) atoms. The van der Waals surface area contributed by atoms with Gasteiger partial charge in [0.15, 0.2) is 0 Å². The van der Waals surface area contributed by atoms with E-state index in [1.54, 1.807) is 6.20 Å². The molecule has 0 unspecified atom stereocenters. The van der Waals surface area contributed by atoms with Crippen LogP contribution in [0.5, 0.6) is 11.5 Å². The Hall–Kier alpha value is -2.55. The van der Waals surface area contributed by atoms with E-state index >= 15 is 0 Å². The van der Waals surface area contributed by atoms with Gasteiger partial charge in [-0.3, -0.25) is 4.98 Å². The van der Waals surface area contributed by atoms with Crippen molar-refractivity contribution in [3.05, 3.63) is 60.3 Å². The molecule has 1 heterocycles. The third kappa shape index (κ3) is 2.68. The molecule has 0 saturated heterocycles. The molecule has 0 bridgehead atoms. The number of nitrogens with two attached hydrogens (primary N) is 1. The van der Waals surface area contributed by atoms with E-state index in [4.69, 9.17) is 10.5 Å². The van der Waals surface area contributed by atoms with E-state index in [9.17, 15) is 0 Å². The molecule has 2 N–H and O–H groups in total. The molecular weight excluding hydrogens is 260 g/mol. The number of para-hydroxylation sites is 1. The lowest BCUT2D eigenvalue weighted by atomic mass is 10.0. The van der Waals surface area contributed by atoms with Crippen LogP contribution < -0.4 is 10.5 Å². The van der Waals surface area contributed by atoms with Gasteiger partial charge in [-0.25, -0.2) is 0 Å². The number of pyridine rings is 1. The summed E-state index contributed by atoms with van der Waals surface area (Å²) in [6, 6.07) is 15.7. The summed E-state index contributed by atoms with van der Waals surface area (Å²) in [6.07, 6.45) is 1.75. The van der Waals surface area contributed by atoms with Gasteiger partial charge in [-0.05, 0) is 41.8 Å². The molecular formula is C18H18N2O. The van der Waals surface area contributed by atoms with Gasteiger partial charge in [0.1, 0.15) is 11.5 Å². The molecule has 3 nitrogen and oxygen atoms in total. The minimum atomic E-state index is 0.407. The first kappa shape index (κ1) is 13.4. The minimum Gasteiger partial charge on any atom is -0.456 e. The van der Waals surface area contributed by atoms with Crippen LogP contribution >= 0.6 is 0 Å². The summed E-state index contributed by atoms with van der Waals surface area (Å²) in [6.45, 7) is 4.32. The molecule has 0 aliphatic carbocycles. The van der Waals surface area contributed by atoms with Crippen molar-refractivity contribution < 1.29 is 4.74 Å². The lowest BCUT2D eigenvalue weighted by molar-refractivity contribution is 0.478. The van der Waals surface area contributed by atoms with Crippen molar-refractivity contribution in [2.75, 3.05) is 5.73 Å². The quantitative estimate of drug-likeness (QED) is 0.704. The number of rotatable bonds is 3. The van der Waals surface area contributed by atoms with Crippen LogP contribution in [0.15, 0.2) is 54.7 Å². The van der Waals surface area contributed by atoms with E-state index in [-0.39, 0.29) is 0 Å². The van der Waals surface area contributed by atoms with Crippen molar-refractivity contribution in [2.45, 2.75) is 19.8 Å². The first-order valence-corrected chi connectivity index (χ1v) is 7.06. The Morgan fingerprint density at radius 3 is 2.62 bits per heavy atom. The van der Waals surface area contributed by atoms with E-state index in [2.05, 4.69) is 24.9 Å². The summed E-state index contributed by atoms with van der Waals surface area (Å²) in [4.78, 5) is 4.34. The third-order valence-corrected chi connectivity index (χ3v) is 3.49. The number of hydrogen-bond donors (Lipinski definition) is 1. The van der Waals surface area contributed by atoms with E-state index in [0.717, 1.165) is 22.4 Å². The molecule has 0 amide bonds. The number of anilines is 1. The SMILES string of the molecule is CC(C)c1ccccc1Oc1ccnc2cc(N)ccc12. The fraction of sp³-hybridized carbons (Fsp3) is 0.167. The minimum absolute atomic E-state index is 0.407. The number of benzene rings is 2. The smallest absolute Gasteiger partial charge is 0.138 e. The molecule has 0 fully saturated rings. The lowest BCUT2D eigenvalue weighted by Crippen LogP contribution is -1.95. The van der Waals surface area contributed by atoms with Crippen LogP contribution in [0.2, 0.25) is 0 Å². The predicted molar refractivity (Wildman–Crippen MR) is 86.8 cm³/mol. The van der Waals surface area contributed by atoms with Crippen LogP contribution in [-0.4, -0.2) is 4.98 Å². The summed E-state index contributed by atoms with van der Waals surface area (Å²) in [5, 5.41) is 0.963. The van der Waals surface area contributed by atoms with Gasteiger partial charge in [0.25, 0.3) is 0 Å². The maximum atomic E-state index is 6.14. The van der Waals surface area contributed by atoms with Gasteiger partial charge in [-0.2, -0.15) is 0 Å². The number of nitrogen functional groups attached to an aromatic ring is 1. The van der Waals surface area contributed by atoms with Crippen LogP contribution in [0.1, 0.15) is 25.3 Å². The summed E-state index contributed by atoms with van der Waals surface area (Å²) in [5.41, 5.74) is 8.55. The molecule has 3 rings (SSSR count). The van der Waals surface area contributed by atoms with Crippen molar-refractivity contribution >= 4 is 16.6 Å². The standard InChI is InChI=1S/C18H18N2O/c1-12(2)14-5-3-4-6-17(14)21-18-9-10-20-16-11-13(19)7-8-15(16)18/h3-12H,19H2,1-2H3. The van der Waals surface area contributed by atoms with Gasteiger partial charge in [-0.15, -0.1) is 0 Å². The number of aromatic nitrogens is 1. The number of ether oxygens (including phenoxy) is 1. The normalized spacial score (nSPS) is 11.0. The van der Waals surface area contributed by atoms with Crippen LogP contribution in [0.25, 0.3) is 10.9 Å². The van der Waals surface area contributed by atoms with Gasteiger partial charge >= 0.3 is 0 Å². The molecule has 0 saturated carbocycles. The molecule has 106 valence electrons. The van der Waals surface area contributed by atoms with Crippen LogP contribution in [-0.2, 0) is 0 Å². The second kappa shape index (κ2) is 5.44. The molecule has 2 aromatic carbocycles. The van der Waals surface area contributed by atoms with E-state index in [0.29, 0.717) is 11.6 Å². The highest BCUT2D eigenvalue weighted by Gasteiger charge is 2.10. The Bertz CT molecular complexity index is 781. The molecule has 3 aromatic rings. The van der Waals surface area contributed by atoms with E-state index in [1.807, 2.05) is 42.5 Å². The molecule has 0 radical (unpaired) electrons. The molecule has 0 aliphatic rings. The highest BCUT2D eigenvalue weighted by atomic mass is 16.5. The van der Waals surface area contributed by atoms with E-state index in [1.165, 1.54) is 5.56 Å². The highest BCUT2D eigenvalue weighted by molar-refractivity contribution is 5.87. The molecule has 3 heteroatoms. The predicted octanol–water partition coefficient (Wildman–Crippen LogP) is 4.73. The molecule has 1 aromatic heterocycles. The van der Waals surface area contributed by atoms with Crippen LogP contribution in [0.4, 0.5) is 5.69 Å². The fourth-order valence-corrected chi connectivity index (χ4v) is 2.40. The zero-order chi connectivity index (χ0) is 14.8. The van der Waals surface area contributed by atoms with Crippen LogP contribution in [0.3, 0.4) is 0 Å². The largest absolute Gasteiger partial charge is 0.456 e. The van der Waals surface area contributed by atoms with Crippen molar-refractivity contribution in [2.24, 2.45) is 0 Å². The Balaban J connectivity index is 2.07. The highest BCUT2D eigenvalue weighted by Crippen LogP contribution is 2.33. The first-order chi connectivity index (χ1) is 10.1. The van der Waals surface area contributed by atoms with Gasteiger partial charge in [0, 0.05) is 17.3 Å². The molecule has 0 aliphatic heterocycles. The number of fused-ring (bicyclic) bond motifs is 1. The zero-order valence-electron chi connectivity index (χ0n) is 12.2. The second-order valence-electron chi connectivity index (χ2n) is 5.38. The van der Waals surface area contributed by atoms with Crippen molar-refractivity contribution in [1.82, 2.24) is 4.98 Å². The maximum Gasteiger partial charge on any atom is 0.138 e. The zero-order valence-corrected chi connectivity index (χ0v) is 12.2. The average Bonchev–Trinajstić information content (AvgIpc) is 2.47. The monoisotopic (exact) mass is 278 g/mol. The van der Waals surface area contributed by atoms with Gasteiger partial charge in [-0.1, -0.05) is 32.0 Å². The fourth-order valence-electron chi connectivity index (χ4n) is 2.40. The van der Waals surface area contributed by atoms with E-state index < -0.39 is 0 Å². The van der Waals surface area contributed by atoms with Crippen molar-refractivity contribution in [3.63, 3.8) is 0 Å². The van der Waals surface area contributed by atoms with Crippen molar-refractivity contribution in [1.29, 1.82) is 0 Å². The first-order valence-electron chi connectivity index (χ1n) is 7.06. The van der Waals surface area contributed by atoms with Crippen LogP contribution in [0, 0.1) is 0 Å². The maximum absolute atomic E-state index is 6.14.